The number of rotatable bonds is 5. The lowest BCUT2D eigenvalue weighted by Crippen LogP contribution is -2.39. The van der Waals surface area contributed by atoms with E-state index in [9.17, 15) is 9.18 Å². The van der Waals surface area contributed by atoms with Gasteiger partial charge in [-0.2, -0.15) is 0 Å². The number of pyridine rings is 1. The minimum absolute atomic E-state index is 0.0550. The molecule has 1 amide bonds. The summed E-state index contributed by atoms with van der Waals surface area (Å²) in [5.41, 5.74) is 4.35. The average molecular weight is 435 g/mol. The van der Waals surface area contributed by atoms with Crippen LogP contribution in [0, 0.1) is 12.7 Å². The SMILES string of the molecule is COc1ccc(C(=O)N2CCC[C@@H](c3cc(-c4ccc(F)cc4)cc(C)n3)C2)c(OC)c1. The van der Waals surface area contributed by atoms with E-state index < -0.39 is 0 Å². The molecule has 4 rings (SSSR count). The monoisotopic (exact) mass is 434 g/mol. The van der Waals surface area contributed by atoms with E-state index in [4.69, 9.17) is 14.5 Å². The lowest BCUT2D eigenvalue weighted by Gasteiger charge is -2.33. The molecule has 0 saturated carbocycles. The van der Waals surface area contributed by atoms with Crippen LogP contribution in [-0.2, 0) is 0 Å². The Morgan fingerprint density at radius 3 is 2.53 bits per heavy atom. The molecule has 1 aromatic heterocycles. The lowest BCUT2D eigenvalue weighted by molar-refractivity contribution is 0.0702. The number of piperidine rings is 1. The lowest BCUT2D eigenvalue weighted by atomic mass is 9.91. The zero-order chi connectivity index (χ0) is 22.7. The standard InChI is InChI=1S/C26H27FN2O3/c1-17-13-20(18-6-8-21(27)9-7-18)14-24(28-17)19-5-4-12-29(16-19)26(30)23-11-10-22(31-2)15-25(23)32-3/h6-11,13-15,19H,4-5,12,16H2,1-3H3/t19-/m1/s1. The molecule has 1 aliphatic rings. The first-order valence-electron chi connectivity index (χ1n) is 10.7. The van der Waals surface area contributed by atoms with E-state index in [1.807, 2.05) is 17.9 Å². The Labute approximate surface area is 187 Å². The highest BCUT2D eigenvalue weighted by Crippen LogP contribution is 2.32. The summed E-state index contributed by atoms with van der Waals surface area (Å²) in [4.78, 5) is 19.9. The topological polar surface area (TPSA) is 51.7 Å². The molecule has 1 atom stereocenters. The van der Waals surface area contributed by atoms with Crippen molar-refractivity contribution in [3.63, 3.8) is 0 Å². The highest BCUT2D eigenvalue weighted by molar-refractivity contribution is 5.97. The van der Waals surface area contributed by atoms with E-state index >= 15 is 0 Å². The third-order valence-corrected chi connectivity index (χ3v) is 5.92. The third kappa shape index (κ3) is 4.59. The van der Waals surface area contributed by atoms with E-state index in [-0.39, 0.29) is 17.6 Å². The maximum Gasteiger partial charge on any atom is 0.257 e. The highest BCUT2D eigenvalue weighted by atomic mass is 19.1. The molecule has 6 heteroatoms. The summed E-state index contributed by atoms with van der Waals surface area (Å²) in [5, 5.41) is 0. The maximum atomic E-state index is 13.3. The maximum absolute atomic E-state index is 13.3. The molecule has 0 N–H and O–H groups in total. The van der Waals surface area contributed by atoms with Crippen molar-refractivity contribution in [2.45, 2.75) is 25.7 Å². The number of nitrogens with zero attached hydrogens (tertiary/aromatic N) is 2. The number of hydrogen-bond donors (Lipinski definition) is 0. The van der Waals surface area contributed by atoms with Crippen molar-refractivity contribution >= 4 is 5.91 Å². The van der Waals surface area contributed by atoms with Gasteiger partial charge in [0.25, 0.3) is 5.91 Å². The second kappa shape index (κ2) is 9.39. The first kappa shape index (κ1) is 21.8. The van der Waals surface area contributed by atoms with Crippen LogP contribution in [0.2, 0.25) is 0 Å². The normalized spacial score (nSPS) is 16.0. The van der Waals surface area contributed by atoms with Gasteiger partial charge < -0.3 is 14.4 Å². The van der Waals surface area contributed by atoms with Gasteiger partial charge >= 0.3 is 0 Å². The summed E-state index contributed by atoms with van der Waals surface area (Å²) < 4.78 is 24.0. The summed E-state index contributed by atoms with van der Waals surface area (Å²) in [6.45, 7) is 3.25. The molecule has 0 spiro atoms. The number of halogens is 1. The number of carbonyl (C=O) groups excluding carboxylic acids is 1. The van der Waals surface area contributed by atoms with Crippen molar-refractivity contribution < 1.29 is 18.7 Å². The van der Waals surface area contributed by atoms with Crippen LogP contribution in [0.3, 0.4) is 0 Å². The molecule has 166 valence electrons. The highest BCUT2D eigenvalue weighted by Gasteiger charge is 2.28. The fourth-order valence-electron chi connectivity index (χ4n) is 4.26. The Hall–Kier alpha value is -3.41. The second-order valence-electron chi connectivity index (χ2n) is 8.09. The van der Waals surface area contributed by atoms with Crippen molar-refractivity contribution in [3.8, 4) is 22.6 Å². The van der Waals surface area contributed by atoms with Gasteiger partial charge in [-0.25, -0.2) is 4.39 Å². The molecule has 0 bridgehead atoms. The van der Waals surface area contributed by atoms with Gasteiger partial charge in [-0.05, 0) is 67.3 Å². The van der Waals surface area contributed by atoms with Gasteiger partial charge in [0.15, 0.2) is 0 Å². The zero-order valence-corrected chi connectivity index (χ0v) is 18.6. The number of aromatic nitrogens is 1. The molecule has 1 aliphatic heterocycles. The van der Waals surface area contributed by atoms with E-state index in [0.29, 0.717) is 30.2 Å². The van der Waals surface area contributed by atoms with Crippen LogP contribution in [0.5, 0.6) is 11.5 Å². The molecule has 3 aromatic rings. The van der Waals surface area contributed by atoms with Gasteiger partial charge in [0.05, 0.1) is 19.8 Å². The number of carbonyl (C=O) groups is 1. The quantitative estimate of drug-likeness (QED) is 0.552. The van der Waals surface area contributed by atoms with Crippen LogP contribution < -0.4 is 9.47 Å². The van der Waals surface area contributed by atoms with E-state index in [1.54, 1.807) is 44.6 Å². The number of amides is 1. The molecule has 2 heterocycles. The van der Waals surface area contributed by atoms with Gasteiger partial charge in [0.1, 0.15) is 17.3 Å². The van der Waals surface area contributed by atoms with Gasteiger partial charge in [0, 0.05) is 36.5 Å². The van der Waals surface area contributed by atoms with Crippen molar-refractivity contribution in [1.82, 2.24) is 9.88 Å². The minimum atomic E-state index is -0.254. The molecule has 5 nitrogen and oxygen atoms in total. The molecule has 1 fully saturated rings. The number of benzene rings is 2. The summed E-state index contributed by atoms with van der Waals surface area (Å²) in [6, 6.07) is 15.8. The van der Waals surface area contributed by atoms with Crippen molar-refractivity contribution in [2.24, 2.45) is 0 Å². The first-order chi connectivity index (χ1) is 15.5. The number of hydrogen-bond acceptors (Lipinski definition) is 4. The number of methoxy groups -OCH3 is 2. The average Bonchev–Trinajstić information content (AvgIpc) is 2.83. The Balaban J connectivity index is 1.58. The van der Waals surface area contributed by atoms with E-state index in [0.717, 1.165) is 35.4 Å². The molecule has 0 unspecified atom stereocenters. The van der Waals surface area contributed by atoms with Crippen LogP contribution in [0.1, 0.15) is 40.5 Å². The molecular weight excluding hydrogens is 407 g/mol. The zero-order valence-electron chi connectivity index (χ0n) is 18.6. The molecule has 1 saturated heterocycles. The predicted octanol–water partition coefficient (Wildman–Crippen LogP) is 5.23. The van der Waals surface area contributed by atoms with Crippen LogP contribution >= 0.6 is 0 Å². The van der Waals surface area contributed by atoms with Crippen LogP contribution in [0.15, 0.2) is 54.6 Å². The molecule has 0 radical (unpaired) electrons. The van der Waals surface area contributed by atoms with Gasteiger partial charge in [-0.15, -0.1) is 0 Å². The van der Waals surface area contributed by atoms with Crippen molar-refractivity contribution in [1.29, 1.82) is 0 Å². The van der Waals surface area contributed by atoms with Crippen molar-refractivity contribution in [2.75, 3.05) is 27.3 Å². The van der Waals surface area contributed by atoms with Crippen LogP contribution in [0.25, 0.3) is 11.1 Å². The molecule has 32 heavy (non-hydrogen) atoms. The predicted molar refractivity (Wildman–Crippen MR) is 122 cm³/mol. The number of ether oxygens (including phenoxy) is 2. The summed E-state index contributed by atoms with van der Waals surface area (Å²) in [5.74, 6) is 0.975. The van der Waals surface area contributed by atoms with E-state index in [1.165, 1.54) is 12.1 Å². The summed E-state index contributed by atoms with van der Waals surface area (Å²) >= 11 is 0. The largest absolute Gasteiger partial charge is 0.497 e. The van der Waals surface area contributed by atoms with Gasteiger partial charge in [0.2, 0.25) is 0 Å². The van der Waals surface area contributed by atoms with Gasteiger partial charge in [-0.1, -0.05) is 12.1 Å². The Bertz CT molecular complexity index is 1110. The minimum Gasteiger partial charge on any atom is -0.497 e. The molecular formula is C26H27FN2O3. The second-order valence-corrected chi connectivity index (χ2v) is 8.09. The number of likely N-dealkylation sites (tertiary alicyclic amines) is 1. The fraction of sp³-hybridized carbons (Fsp3) is 0.308. The number of aryl methyl sites for hydroxylation is 1. The van der Waals surface area contributed by atoms with Crippen LogP contribution in [-0.4, -0.2) is 43.1 Å². The summed E-state index contributed by atoms with van der Waals surface area (Å²) in [7, 11) is 3.14. The molecule has 2 aromatic carbocycles. The Morgan fingerprint density at radius 1 is 1.03 bits per heavy atom. The van der Waals surface area contributed by atoms with Crippen molar-refractivity contribution in [3.05, 3.63) is 77.4 Å². The first-order valence-corrected chi connectivity index (χ1v) is 10.7. The third-order valence-electron chi connectivity index (χ3n) is 5.92. The Morgan fingerprint density at radius 2 is 1.81 bits per heavy atom. The smallest absolute Gasteiger partial charge is 0.257 e. The van der Waals surface area contributed by atoms with Gasteiger partial charge in [-0.3, -0.25) is 9.78 Å². The summed E-state index contributed by atoms with van der Waals surface area (Å²) in [6.07, 6.45) is 1.86. The molecule has 0 aliphatic carbocycles. The van der Waals surface area contributed by atoms with E-state index in [2.05, 4.69) is 6.07 Å². The van der Waals surface area contributed by atoms with Crippen LogP contribution in [0.4, 0.5) is 4.39 Å². The Kier molecular flexibility index (Phi) is 6.40. The fourth-order valence-corrected chi connectivity index (χ4v) is 4.26.